The van der Waals surface area contributed by atoms with Crippen molar-refractivity contribution >= 4 is 27.5 Å². The van der Waals surface area contributed by atoms with E-state index in [1.807, 2.05) is 4.90 Å². The van der Waals surface area contributed by atoms with E-state index in [4.69, 9.17) is 0 Å². The molecule has 2 heterocycles. The van der Waals surface area contributed by atoms with Gasteiger partial charge in [-0.15, -0.1) is 0 Å². The number of nitrogens with one attached hydrogen (secondary N) is 1. The summed E-state index contributed by atoms with van der Waals surface area (Å²) >= 11 is 0. The van der Waals surface area contributed by atoms with E-state index in [2.05, 4.69) is 16.6 Å². The van der Waals surface area contributed by atoms with Crippen molar-refractivity contribution in [3.8, 4) is 0 Å². The van der Waals surface area contributed by atoms with Crippen LogP contribution in [0.1, 0.15) is 30.1 Å². The van der Waals surface area contributed by atoms with Crippen molar-refractivity contribution in [1.82, 2.24) is 4.98 Å². The summed E-state index contributed by atoms with van der Waals surface area (Å²) in [6.07, 6.45) is 3.18. The van der Waals surface area contributed by atoms with Crippen LogP contribution in [0.5, 0.6) is 0 Å². The van der Waals surface area contributed by atoms with Crippen LogP contribution in [0.15, 0.2) is 41.4 Å². The average Bonchev–Trinajstić information content (AvgIpc) is 2.62. The number of halogens is 1. The minimum atomic E-state index is -3.98. The number of piperidine rings is 1. The van der Waals surface area contributed by atoms with E-state index < -0.39 is 21.8 Å². The molecule has 1 fully saturated rings. The van der Waals surface area contributed by atoms with Crippen LogP contribution in [-0.4, -0.2) is 37.6 Å². The average molecular weight is 393 g/mol. The fourth-order valence-electron chi connectivity index (χ4n) is 2.97. The Balaban J connectivity index is 1.87. The highest BCUT2D eigenvalue weighted by molar-refractivity contribution is 7.92. The van der Waals surface area contributed by atoms with Gasteiger partial charge >= 0.3 is 5.97 Å². The van der Waals surface area contributed by atoms with Gasteiger partial charge in [0.15, 0.2) is 0 Å². The van der Waals surface area contributed by atoms with Crippen molar-refractivity contribution in [3.05, 3.63) is 47.9 Å². The predicted octanol–water partition coefficient (Wildman–Crippen LogP) is 2.96. The molecule has 2 aromatic rings. The molecular weight excluding hydrogens is 373 g/mol. The van der Waals surface area contributed by atoms with Crippen LogP contribution in [0.2, 0.25) is 0 Å². The first-order valence-electron chi connectivity index (χ1n) is 8.53. The van der Waals surface area contributed by atoms with Crippen molar-refractivity contribution in [1.29, 1.82) is 0 Å². The molecule has 0 amide bonds. The Morgan fingerprint density at radius 2 is 1.89 bits per heavy atom. The van der Waals surface area contributed by atoms with Crippen LogP contribution in [-0.2, 0) is 10.0 Å². The second-order valence-corrected chi connectivity index (χ2v) is 8.31. The molecule has 0 aliphatic carbocycles. The Morgan fingerprint density at radius 1 is 1.26 bits per heavy atom. The highest BCUT2D eigenvalue weighted by Crippen LogP contribution is 2.27. The van der Waals surface area contributed by atoms with Crippen molar-refractivity contribution in [2.24, 2.45) is 5.92 Å². The predicted molar refractivity (Wildman–Crippen MR) is 99.0 cm³/mol. The molecule has 9 heteroatoms. The van der Waals surface area contributed by atoms with Gasteiger partial charge in [0.2, 0.25) is 0 Å². The molecule has 0 bridgehead atoms. The van der Waals surface area contributed by atoms with Crippen LogP contribution in [0, 0.1) is 11.7 Å². The van der Waals surface area contributed by atoms with Gasteiger partial charge in [0.25, 0.3) is 10.0 Å². The number of benzene rings is 1. The smallest absolute Gasteiger partial charge is 0.339 e. The zero-order valence-corrected chi connectivity index (χ0v) is 15.5. The fraction of sp³-hybridized carbons (Fsp3) is 0.333. The number of carbonyl (C=O) groups is 1. The summed E-state index contributed by atoms with van der Waals surface area (Å²) in [5.41, 5.74) is -0.0327. The van der Waals surface area contributed by atoms with Gasteiger partial charge in [0.1, 0.15) is 17.2 Å². The Hall–Kier alpha value is -2.68. The minimum Gasteiger partial charge on any atom is -0.478 e. The van der Waals surface area contributed by atoms with Gasteiger partial charge in [-0.1, -0.05) is 6.92 Å². The van der Waals surface area contributed by atoms with Gasteiger partial charge in [0.05, 0.1) is 16.8 Å². The summed E-state index contributed by atoms with van der Waals surface area (Å²) < 4.78 is 40.1. The van der Waals surface area contributed by atoms with Crippen molar-refractivity contribution in [3.63, 3.8) is 0 Å². The molecule has 1 saturated heterocycles. The Kier molecular flexibility index (Phi) is 5.31. The number of pyridine rings is 1. The molecule has 27 heavy (non-hydrogen) atoms. The molecule has 0 spiro atoms. The minimum absolute atomic E-state index is 0.0332. The number of carboxylic acid groups (broad SMARTS) is 1. The first kappa shape index (κ1) is 19.1. The highest BCUT2D eigenvalue weighted by atomic mass is 32.2. The van der Waals surface area contributed by atoms with Gasteiger partial charge in [-0.25, -0.2) is 22.6 Å². The third-order valence-electron chi connectivity index (χ3n) is 4.56. The summed E-state index contributed by atoms with van der Waals surface area (Å²) in [7, 11) is -3.98. The van der Waals surface area contributed by atoms with E-state index in [0.29, 0.717) is 24.8 Å². The van der Waals surface area contributed by atoms with E-state index in [0.717, 1.165) is 37.1 Å². The van der Waals surface area contributed by atoms with E-state index in [1.54, 1.807) is 0 Å². The molecule has 1 aliphatic heterocycles. The molecule has 0 atom stereocenters. The molecule has 144 valence electrons. The number of aromatic nitrogens is 1. The first-order valence-corrected chi connectivity index (χ1v) is 10.0. The van der Waals surface area contributed by atoms with Crippen LogP contribution < -0.4 is 9.62 Å². The van der Waals surface area contributed by atoms with Gasteiger partial charge in [-0.3, -0.25) is 4.72 Å². The van der Waals surface area contributed by atoms with Crippen molar-refractivity contribution < 1.29 is 22.7 Å². The summed E-state index contributed by atoms with van der Waals surface area (Å²) in [6, 6.07) is 5.59. The lowest BCUT2D eigenvalue weighted by Gasteiger charge is -2.32. The molecule has 7 nitrogen and oxygen atoms in total. The molecule has 1 aliphatic rings. The molecule has 2 N–H and O–H groups in total. The number of sulfonamides is 1. The summed E-state index contributed by atoms with van der Waals surface area (Å²) in [5, 5.41) is 9.53. The third kappa shape index (κ3) is 4.36. The fourth-order valence-corrected chi connectivity index (χ4v) is 4.01. The number of aromatic carboxylic acids is 1. The lowest BCUT2D eigenvalue weighted by molar-refractivity contribution is 0.0697. The van der Waals surface area contributed by atoms with E-state index in [1.165, 1.54) is 12.3 Å². The van der Waals surface area contributed by atoms with Crippen LogP contribution >= 0.6 is 0 Å². The largest absolute Gasteiger partial charge is 0.478 e. The second-order valence-electron chi connectivity index (χ2n) is 6.63. The maximum absolute atomic E-state index is 13.0. The number of nitrogens with zero attached hydrogens (tertiary/aromatic N) is 2. The van der Waals surface area contributed by atoms with Gasteiger partial charge < -0.3 is 10.0 Å². The zero-order valence-electron chi connectivity index (χ0n) is 14.7. The normalized spacial score (nSPS) is 15.6. The molecule has 1 aromatic heterocycles. The van der Waals surface area contributed by atoms with Crippen LogP contribution in [0.25, 0.3) is 0 Å². The van der Waals surface area contributed by atoms with Gasteiger partial charge in [-0.2, -0.15) is 0 Å². The van der Waals surface area contributed by atoms with Crippen LogP contribution in [0.4, 0.5) is 15.9 Å². The Labute approximate surface area is 156 Å². The lowest BCUT2D eigenvalue weighted by atomic mass is 9.99. The monoisotopic (exact) mass is 393 g/mol. The summed E-state index contributed by atoms with van der Waals surface area (Å²) in [5.74, 6) is -0.821. The van der Waals surface area contributed by atoms with Crippen molar-refractivity contribution in [2.75, 3.05) is 22.7 Å². The first-order chi connectivity index (χ1) is 12.8. The number of anilines is 2. The molecular formula is C18H20FN3O4S. The van der Waals surface area contributed by atoms with E-state index in [-0.39, 0.29) is 16.1 Å². The van der Waals surface area contributed by atoms with E-state index >= 15 is 0 Å². The standard InChI is InChI=1S/C18H20FN3O4S/c1-12-6-8-22(9-7-12)17-16(18(23)24)10-14(11-20-17)21-27(25,26)15-4-2-13(19)3-5-15/h2-5,10-12,21H,6-9H2,1H3,(H,23,24). The molecule has 0 radical (unpaired) electrons. The Bertz CT molecular complexity index is 940. The second kappa shape index (κ2) is 7.51. The summed E-state index contributed by atoms with van der Waals surface area (Å²) in [4.78, 5) is 17.6. The maximum atomic E-state index is 13.0. The molecule has 1 aromatic carbocycles. The Morgan fingerprint density at radius 3 is 2.48 bits per heavy atom. The quantitative estimate of drug-likeness (QED) is 0.810. The number of rotatable bonds is 5. The van der Waals surface area contributed by atoms with Gasteiger partial charge in [-0.05, 0) is 49.1 Å². The van der Waals surface area contributed by atoms with Gasteiger partial charge in [0, 0.05) is 13.1 Å². The SMILES string of the molecule is CC1CCN(c2ncc(NS(=O)(=O)c3ccc(F)cc3)cc2C(=O)O)CC1. The molecule has 3 rings (SSSR count). The number of hydrogen-bond donors (Lipinski definition) is 2. The topological polar surface area (TPSA) is 99.6 Å². The number of hydrogen-bond acceptors (Lipinski definition) is 5. The third-order valence-corrected chi connectivity index (χ3v) is 5.95. The molecule has 0 saturated carbocycles. The highest BCUT2D eigenvalue weighted by Gasteiger charge is 2.23. The van der Waals surface area contributed by atoms with Crippen molar-refractivity contribution in [2.45, 2.75) is 24.7 Å². The summed E-state index contributed by atoms with van der Waals surface area (Å²) in [6.45, 7) is 3.56. The van der Waals surface area contributed by atoms with E-state index in [9.17, 15) is 22.7 Å². The lowest BCUT2D eigenvalue weighted by Crippen LogP contribution is -2.34. The molecule has 0 unspecified atom stereocenters. The maximum Gasteiger partial charge on any atom is 0.339 e. The van der Waals surface area contributed by atoms with Crippen LogP contribution in [0.3, 0.4) is 0 Å². The number of carboxylic acids is 1. The zero-order chi connectivity index (χ0) is 19.6.